The Labute approximate surface area is 109 Å². The van der Waals surface area contributed by atoms with E-state index < -0.39 is 17.5 Å². The van der Waals surface area contributed by atoms with Crippen molar-refractivity contribution < 1.29 is 23.0 Å². The maximum absolute atomic E-state index is 12.7. The van der Waals surface area contributed by atoms with E-state index >= 15 is 0 Å². The lowest BCUT2D eigenvalue weighted by molar-refractivity contribution is -0.138. The lowest BCUT2D eigenvalue weighted by atomic mass is 10.1. The molecule has 3 nitrogen and oxygen atoms in total. The Bertz CT molecular complexity index is 448. The van der Waals surface area contributed by atoms with E-state index in [4.69, 9.17) is 4.74 Å². The molecule has 2 rings (SSSR count). The van der Waals surface area contributed by atoms with Gasteiger partial charge in [-0.25, -0.2) is 0 Å². The molecule has 0 amide bonds. The number of phenolic OH excluding ortho intramolecular Hbond substituents is 1. The van der Waals surface area contributed by atoms with E-state index in [0.29, 0.717) is 31.8 Å². The maximum Gasteiger partial charge on any atom is 0.419 e. The van der Waals surface area contributed by atoms with E-state index in [1.807, 2.05) is 11.8 Å². The second kappa shape index (κ2) is 5.38. The molecular weight excluding hydrogens is 259 g/mol. The van der Waals surface area contributed by atoms with Gasteiger partial charge >= 0.3 is 6.18 Å². The number of phenols is 1. The predicted molar refractivity (Wildman–Crippen MR) is 63.8 cm³/mol. The first-order valence-electron chi connectivity index (χ1n) is 6.09. The quantitative estimate of drug-likeness (QED) is 0.900. The van der Waals surface area contributed by atoms with Gasteiger partial charge in [-0.2, -0.15) is 13.2 Å². The van der Waals surface area contributed by atoms with Crippen LogP contribution in [0, 0.1) is 0 Å². The topological polar surface area (TPSA) is 32.7 Å². The summed E-state index contributed by atoms with van der Waals surface area (Å²) in [7, 11) is 0. The van der Waals surface area contributed by atoms with Crippen LogP contribution in [0.5, 0.6) is 5.75 Å². The van der Waals surface area contributed by atoms with Crippen molar-refractivity contribution in [3.05, 3.63) is 29.3 Å². The van der Waals surface area contributed by atoms with Crippen molar-refractivity contribution in [2.24, 2.45) is 0 Å². The number of aromatic hydroxyl groups is 1. The average Bonchev–Trinajstić information content (AvgIpc) is 2.30. The minimum absolute atomic E-state index is 0.0907. The van der Waals surface area contributed by atoms with Gasteiger partial charge in [0, 0.05) is 19.6 Å². The molecule has 1 unspecified atom stereocenters. The van der Waals surface area contributed by atoms with Crippen LogP contribution in [0.2, 0.25) is 0 Å². The molecule has 1 fully saturated rings. The molecule has 1 aromatic carbocycles. The zero-order valence-electron chi connectivity index (χ0n) is 10.6. The van der Waals surface area contributed by atoms with Gasteiger partial charge in [0.05, 0.1) is 18.3 Å². The first-order chi connectivity index (χ1) is 8.86. The van der Waals surface area contributed by atoms with Gasteiger partial charge in [0.15, 0.2) is 0 Å². The fraction of sp³-hybridized carbons (Fsp3) is 0.538. The number of rotatable bonds is 2. The summed E-state index contributed by atoms with van der Waals surface area (Å²) in [6.07, 6.45) is -4.44. The van der Waals surface area contributed by atoms with Crippen LogP contribution < -0.4 is 0 Å². The molecule has 0 saturated carbocycles. The van der Waals surface area contributed by atoms with E-state index in [0.717, 1.165) is 12.1 Å². The van der Waals surface area contributed by atoms with Crippen molar-refractivity contribution in [3.63, 3.8) is 0 Å². The molecule has 0 aliphatic carbocycles. The number of ether oxygens (including phenoxy) is 1. The molecule has 19 heavy (non-hydrogen) atoms. The molecule has 1 atom stereocenters. The standard InChI is InChI=1S/C13H16F3NO2/c1-9-7-17(4-5-19-9)8-10-2-3-12(18)11(6-10)13(14,15)16/h2-3,6,9,18H,4-5,7-8H2,1H3. The van der Waals surface area contributed by atoms with Crippen molar-refractivity contribution in [2.75, 3.05) is 19.7 Å². The van der Waals surface area contributed by atoms with E-state index in [1.165, 1.54) is 6.07 Å². The minimum atomic E-state index is -4.53. The SMILES string of the molecule is CC1CN(Cc2ccc(O)c(C(F)(F)F)c2)CCO1. The van der Waals surface area contributed by atoms with Crippen LogP contribution in [0.4, 0.5) is 13.2 Å². The Morgan fingerprint density at radius 2 is 2.16 bits per heavy atom. The molecule has 0 bridgehead atoms. The Morgan fingerprint density at radius 1 is 1.42 bits per heavy atom. The summed E-state index contributed by atoms with van der Waals surface area (Å²) < 4.78 is 43.4. The van der Waals surface area contributed by atoms with Crippen LogP contribution in [-0.4, -0.2) is 35.8 Å². The highest BCUT2D eigenvalue weighted by Gasteiger charge is 2.34. The van der Waals surface area contributed by atoms with Crippen LogP contribution in [0.15, 0.2) is 18.2 Å². The van der Waals surface area contributed by atoms with E-state index in [1.54, 1.807) is 0 Å². The smallest absolute Gasteiger partial charge is 0.419 e. The first kappa shape index (κ1) is 14.1. The van der Waals surface area contributed by atoms with Gasteiger partial charge in [-0.05, 0) is 24.6 Å². The summed E-state index contributed by atoms with van der Waals surface area (Å²) in [4.78, 5) is 2.04. The number of hydrogen-bond acceptors (Lipinski definition) is 3. The predicted octanol–water partition coefficient (Wildman–Crippen LogP) is 2.63. The largest absolute Gasteiger partial charge is 0.507 e. The molecule has 1 N–H and O–H groups in total. The van der Waals surface area contributed by atoms with Gasteiger partial charge in [-0.15, -0.1) is 0 Å². The second-order valence-electron chi connectivity index (χ2n) is 4.77. The summed E-state index contributed by atoms with van der Waals surface area (Å²) in [6.45, 7) is 4.35. The van der Waals surface area contributed by atoms with Crippen molar-refractivity contribution in [2.45, 2.75) is 25.7 Å². The van der Waals surface area contributed by atoms with Gasteiger partial charge < -0.3 is 9.84 Å². The van der Waals surface area contributed by atoms with Crippen LogP contribution in [0.3, 0.4) is 0 Å². The summed E-state index contributed by atoms with van der Waals surface area (Å²) in [5, 5.41) is 9.26. The lowest BCUT2D eigenvalue weighted by Gasteiger charge is -2.31. The zero-order valence-corrected chi connectivity index (χ0v) is 10.6. The average molecular weight is 275 g/mol. The first-order valence-corrected chi connectivity index (χ1v) is 6.09. The molecule has 1 aliphatic heterocycles. The molecule has 1 saturated heterocycles. The third-order valence-corrected chi connectivity index (χ3v) is 3.10. The zero-order chi connectivity index (χ0) is 14.0. The third-order valence-electron chi connectivity index (χ3n) is 3.10. The van der Waals surface area contributed by atoms with E-state index in [9.17, 15) is 18.3 Å². The number of hydrogen-bond donors (Lipinski definition) is 1. The summed E-state index contributed by atoms with van der Waals surface area (Å²) in [5.74, 6) is -0.730. The van der Waals surface area contributed by atoms with Gasteiger partial charge in [0.1, 0.15) is 5.75 Å². The van der Waals surface area contributed by atoms with Gasteiger partial charge in [0.2, 0.25) is 0 Å². The second-order valence-corrected chi connectivity index (χ2v) is 4.77. The van der Waals surface area contributed by atoms with Crippen LogP contribution in [-0.2, 0) is 17.5 Å². The van der Waals surface area contributed by atoms with Crippen molar-refractivity contribution >= 4 is 0 Å². The number of halogens is 3. The molecule has 1 aromatic rings. The van der Waals surface area contributed by atoms with Crippen LogP contribution in [0.1, 0.15) is 18.1 Å². The molecular formula is C13H16F3NO2. The summed E-state index contributed by atoms with van der Waals surface area (Å²) in [6, 6.07) is 3.63. The number of alkyl halides is 3. The van der Waals surface area contributed by atoms with E-state index in [-0.39, 0.29) is 6.10 Å². The Kier molecular flexibility index (Phi) is 4.01. The highest BCUT2D eigenvalue weighted by molar-refractivity contribution is 5.38. The van der Waals surface area contributed by atoms with Gasteiger partial charge in [-0.3, -0.25) is 4.90 Å². The molecule has 1 heterocycles. The van der Waals surface area contributed by atoms with Crippen LogP contribution in [0.25, 0.3) is 0 Å². The molecule has 0 spiro atoms. The van der Waals surface area contributed by atoms with Gasteiger partial charge in [-0.1, -0.05) is 6.07 Å². The Balaban J connectivity index is 2.13. The minimum Gasteiger partial charge on any atom is -0.507 e. The number of benzene rings is 1. The Hall–Kier alpha value is -1.27. The normalized spacial score (nSPS) is 21.6. The highest BCUT2D eigenvalue weighted by Crippen LogP contribution is 2.36. The third kappa shape index (κ3) is 3.61. The number of nitrogens with zero attached hydrogens (tertiary/aromatic N) is 1. The molecule has 0 aromatic heterocycles. The molecule has 1 aliphatic rings. The molecule has 6 heteroatoms. The Morgan fingerprint density at radius 3 is 2.79 bits per heavy atom. The van der Waals surface area contributed by atoms with Crippen LogP contribution >= 0.6 is 0 Å². The van der Waals surface area contributed by atoms with E-state index in [2.05, 4.69) is 0 Å². The maximum atomic E-state index is 12.7. The molecule has 106 valence electrons. The van der Waals surface area contributed by atoms with Crippen molar-refractivity contribution in [1.82, 2.24) is 4.90 Å². The fourth-order valence-electron chi connectivity index (χ4n) is 2.20. The highest BCUT2D eigenvalue weighted by atomic mass is 19.4. The summed E-state index contributed by atoms with van der Waals surface area (Å²) >= 11 is 0. The summed E-state index contributed by atoms with van der Waals surface area (Å²) in [5.41, 5.74) is -0.439. The van der Waals surface area contributed by atoms with Crippen molar-refractivity contribution in [1.29, 1.82) is 0 Å². The monoisotopic (exact) mass is 275 g/mol. The fourth-order valence-corrected chi connectivity index (χ4v) is 2.20. The lowest BCUT2D eigenvalue weighted by Crippen LogP contribution is -2.40. The van der Waals surface area contributed by atoms with Gasteiger partial charge in [0.25, 0.3) is 0 Å². The number of morpholine rings is 1. The van der Waals surface area contributed by atoms with Crippen molar-refractivity contribution in [3.8, 4) is 5.75 Å². The molecule has 0 radical (unpaired) electrons.